The van der Waals surface area contributed by atoms with Crippen molar-refractivity contribution in [2.24, 2.45) is 0 Å². The first kappa shape index (κ1) is 12.7. The normalized spacial score (nSPS) is 13.5. The minimum atomic E-state index is -1.35. The van der Waals surface area contributed by atoms with Crippen LogP contribution >= 0.6 is 0 Å². The van der Waals surface area contributed by atoms with E-state index in [0.29, 0.717) is 0 Å². The highest BCUT2D eigenvalue weighted by Gasteiger charge is 2.32. The molecule has 0 aliphatic heterocycles. The van der Waals surface area contributed by atoms with Crippen LogP contribution in [0.5, 0.6) is 0 Å². The van der Waals surface area contributed by atoms with Crippen LogP contribution in [0.15, 0.2) is 42.5 Å². The molecular weight excluding hydrogens is 244 g/mol. The Morgan fingerprint density at radius 2 is 1.58 bits per heavy atom. The van der Waals surface area contributed by atoms with Gasteiger partial charge in [0.1, 0.15) is 0 Å². The summed E-state index contributed by atoms with van der Waals surface area (Å²) in [5, 5.41) is 1.66. The Balaban J connectivity index is 2.19. The quantitative estimate of drug-likeness (QED) is 0.595. The lowest BCUT2D eigenvalue weighted by atomic mass is 10.1. The molecule has 0 radical (unpaired) electrons. The molecule has 2 aromatic carbocycles. The lowest BCUT2D eigenvalue weighted by Crippen LogP contribution is -2.46. The van der Waals surface area contributed by atoms with Crippen molar-refractivity contribution in [3.63, 3.8) is 0 Å². The second-order valence-electron chi connectivity index (χ2n) is 6.54. The summed E-state index contributed by atoms with van der Waals surface area (Å²) in [5.74, 6) is 0. The molecule has 0 amide bonds. The fourth-order valence-corrected chi connectivity index (χ4v) is 5.22. The first-order valence-corrected chi connectivity index (χ1v) is 10.3. The number of fused-ring (bicyclic) bond motifs is 3. The van der Waals surface area contributed by atoms with Crippen LogP contribution < -0.4 is 5.19 Å². The van der Waals surface area contributed by atoms with Gasteiger partial charge in [-0.05, 0) is 34.2 Å². The first-order valence-electron chi connectivity index (χ1n) is 7.22. The van der Waals surface area contributed by atoms with Gasteiger partial charge in [-0.15, -0.1) is 0 Å². The van der Waals surface area contributed by atoms with E-state index in [1.165, 1.54) is 16.7 Å². The zero-order chi connectivity index (χ0) is 13.6. The van der Waals surface area contributed by atoms with E-state index in [0.717, 1.165) is 12.0 Å². The van der Waals surface area contributed by atoms with E-state index in [1.54, 1.807) is 10.8 Å². The van der Waals surface area contributed by atoms with Crippen LogP contribution in [0.2, 0.25) is 18.6 Å². The third kappa shape index (κ3) is 1.88. The van der Waals surface area contributed by atoms with Gasteiger partial charge in [-0.2, -0.15) is 0 Å². The van der Waals surface area contributed by atoms with Crippen molar-refractivity contribution < 1.29 is 0 Å². The summed E-state index contributed by atoms with van der Waals surface area (Å²) in [6.45, 7) is 9.79. The van der Waals surface area contributed by atoms with Crippen LogP contribution in [0.3, 0.4) is 0 Å². The Morgan fingerprint density at radius 3 is 2.32 bits per heavy atom. The van der Waals surface area contributed by atoms with Crippen LogP contribution in [0.4, 0.5) is 0 Å². The summed E-state index contributed by atoms with van der Waals surface area (Å²) >= 11 is 0. The molecule has 0 saturated heterocycles. The molecule has 1 aliphatic rings. The van der Waals surface area contributed by atoms with Crippen LogP contribution in [-0.4, -0.2) is 8.07 Å². The van der Waals surface area contributed by atoms with E-state index in [2.05, 4.69) is 69.4 Å². The molecule has 0 bridgehead atoms. The van der Waals surface area contributed by atoms with Gasteiger partial charge in [-0.1, -0.05) is 74.6 Å². The summed E-state index contributed by atoms with van der Waals surface area (Å²) in [6.07, 6.45) is 1.13. The summed E-state index contributed by atoms with van der Waals surface area (Å²) in [4.78, 5) is 0. The van der Waals surface area contributed by atoms with E-state index < -0.39 is 8.07 Å². The van der Waals surface area contributed by atoms with Crippen molar-refractivity contribution in [2.45, 2.75) is 38.9 Å². The van der Waals surface area contributed by atoms with Gasteiger partial charge in [0.25, 0.3) is 0 Å². The van der Waals surface area contributed by atoms with Crippen molar-refractivity contribution in [1.29, 1.82) is 0 Å². The molecule has 0 fully saturated rings. The number of rotatable bonds is 2. The van der Waals surface area contributed by atoms with E-state index in [9.17, 15) is 0 Å². The standard InChI is InChI=1S/C18H22Si/c1-13(2)19(3,4)18-11-7-10-16-15-9-6-5-8-14(15)12-17(16)18/h5-11,13H,12H2,1-4H3. The van der Waals surface area contributed by atoms with Gasteiger partial charge < -0.3 is 0 Å². The number of hydrogen-bond donors (Lipinski definition) is 0. The predicted octanol–water partition coefficient (Wildman–Crippen LogP) is 4.58. The molecule has 0 nitrogen and oxygen atoms in total. The van der Waals surface area contributed by atoms with Crippen molar-refractivity contribution in [1.82, 2.24) is 0 Å². The summed E-state index contributed by atoms with van der Waals surface area (Å²) in [7, 11) is -1.35. The van der Waals surface area contributed by atoms with Crippen LogP contribution in [0, 0.1) is 0 Å². The molecule has 0 heterocycles. The van der Waals surface area contributed by atoms with E-state index >= 15 is 0 Å². The third-order valence-corrected chi connectivity index (χ3v) is 9.73. The van der Waals surface area contributed by atoms with Gasteiger partial charge in [0, 0.05) is 0 Å². The topological polar surface area (TPSA) is 0 Å². The fraction of sp³-hybridized carbons (Fsp3) is 0.333. The molecule has 98 valence electrons. The Labute approximate surface area is 117 Å². The Morgan fingerprint density at radius 1 is 0.895 bits per heavy atom. The second kappa shape index (κ2) is 4.34. The van der Waals surface area contributed by atoms with Crippen molar-refractivity contribution in [3.8, 4) is 11.1 Å². The van der Waals surface area contributed by atoms with Crippen molar-refractivity contribution >= 4 is 13.3 Å². The average molecular weight is 266 g/mol. The number of hydrogen-bond acceptors (Lipinski definition) is 0. The average Bonchev–Trinajstić information content (AvgIpc) is 2.76. The zero-order valence-corrected chi connectivity index (χ0v) is 13.3. The zero-order valence-electron chi connectivity index (χ0n) is 12.3. The minimum absolute atomic E-state index is 0.780. The molecule has 0 saturated carbocycles. The first-order chi connectivity index (χ1) is 9.01. The van der Waals surface area contributed by atoms with Crippen molar-refractivity contribution in [3.05, 3.63) is 53.6 Å². The van der Waals surface area contributed by atoms with E-state index in [-0.39, 0.29) is 0 Å². The Hall–Kier alpha value is -1.34. The predicted molar refractivity (Wildman–Crippen MR) is 86.9 cm³/mol. The molecule has 19 heavy (non-hydrogen) atoms. The summed E-state index contributed by atoms with van der Waals surface area (Å²) < 4.78 is 0. The minimum Gasteiger partial charge on any atom is -0.0652 e. The molecule has 0 spiro atoms. The molecule has 0 aromatic heterocycles. The molecule has 0 atom stereocenters. The van der Waals surface area contributed by atoms with Crippen LogP contribution in [0.25, 0.3) is 11.1 Å². The maximum absolute atomic E-state index is 2.51. The molecule has 3 rings (SSSR count). The van der Waals surface area contributed by atoms with Crippen LogP contribution in [0.1, 0.15) is 25.0 Å². The Kier molecular flexibility index (Phi) is 2.90. The van der Waals surface area contributed by atoms with E-state index in [4.69, 9.17) is 0 Å². The second-order valence-corrected chi connectivity index (χ2v) is 11.7. The lowest BCUT2D eigenvalue weighted by Gasteiger charge is -2.29. The summed E-state index contributed by atoms with van der Waals surface area (Å²) in [5.41, 5.74) is 6.82. The molecule has 0 unspecified atom stereocenters. The smallest absolute Gasteiger partial charge is 0.0652 e. The SMILES string of the molecule is CC(C)[Si](C)(C)c1cccc2c1Cc1ccccc1-2. The van der Waals surface area contributed by atoms with Gasteiger partial charge in [0.2, 0.25) is 0 Å². The highest BCUT2D eigenvalue weighted by Crippen LogP contribution is 2.37. The molecule has 1 heteroatoms. The molecule has 1 aliphatic carbocycles. The van der Waals surface area contributed by atoms with E-state index in [1.807, 2.05) is 0 Å². The lowest BCUT2D eigenvalue weighted by molar-refractivity contribution is 1.02. The van der Waals surface area contributed by atoms with Crippen LogP contribution in [-0.2, 0) is 6.42 Å². The maximum Gasteiger partial charge on any atom is 0.0835 e. The molecule has 0 N–H and O–H groups in total. The monoisotopic (exact) mass is 266 g/mol. The third-order valence-electron chi connectivity index (χ3n) is 4.99. The number of benzene rings is 2. The maximum atomic E-state index is 2.51. The van der Waals surface area contributed by atoms with Gasteiger partial charge in [-0.25, -0.2) is 0 Å². The van der Waals surface area contributed by atoms with Gasteiger partial charge in [0.15, 0.2) is 0 Å². The van der Waals surface area contributed by atoms with Gasteiger partial charge in [-0.3, -0.25) is 0 Å². The largest absolute Gasteiger partial charge is 0.0835 e. The summed E-state index contributed by atoms with van der Waals surface area (Å²) in [6, 6.07) is 15.8. The molecule has 2 aromatic rings. The van der Waals surface area contributed by atoms with Gasteiger partial charge >= 0.3 is 0 Å². The fourth-order valence-electron chi connectivity index (χ4n) is 3.07. The molecular formula is C18H22Si. The highest BCUT2D eigenvalue weighted by molar-refractivity contribution is 6.91. The Bertz CT molecular complexity index is 623. The van der Waals surface area contributed by atoms with Crippen molar-refractivity contribution in [2.75, 3.05) is 0 Å². The highest BCUT2D eigenvalue weighted by atomic mass is 28.3. The van der Waals surface area contributed by atoms with Gasteiger partial charge in [0.05, 0.1) is 8.07 Å².